The molecule has 1 saturated heterocycles. The number of alkyl halides is 6. The molecule has 1 unspecified atom stereocenters. The van der Waals surface area contributed by atoms with Gasteiger partial charge >= 0.3 is 18.3 Å². The number of hydrogen-bond donors (Lipinski definition) is 1. The van der Waals surface area contributed by atoms with E-state index in [1.54, 1.807) is 23.1 Å². The first-order valence-corrected chi connectivity index (χ1v) is 13.2. The Hall–Kier alpha value is -4.47. The quantitative estimate of drug-likeness (QED) is 0.212. The topological polar surface area (TPSA) is 126 Å². The third kappa shape index (κ3) is 7.01. The molecule has 0 saturated carbocycles. The molecule has 1 aliphatic rings. The van der Waals surface area contributed by atoms with Crippen LogP contribution in [0.2, 0.25) is 0 Å². The number of hydrogen-bond acceptors (Lipinski definition) is 9. The van der Waals surface area contributed by atoms with Crippen molar-refractivity contribution in [2.45, 2.75) is 37.7 Å². The summed E-state index contributed by atoms with van der Waals surface area (Å²) < 4.78 is 91.5. The van der Waals surface area contributed by atoms with Crippen LogP contribution in [0.1, 0.15) is 35.2 Å². The lowest BCUT2D eigenvalue weighted by Gasteiger charge is -2.39. The molecule has 0 aliphatic carbocycles. The molecule has 0 radical (unpaired) electrons. The Balaban J connectivity index is 1.41. The van der Waals surface area contributed by atoms with E-state index in [2.05, 4.69) is 14.7 Å². The zero-order valence-electron chi connectivity index (χ0n) is 23.1. The number of aromatic nitrogens is 2. The minimum atomic E-state index is -5.43. The molecule has 1 fully saturated rings. The van der Waals surface area contributed by atoms with E-state index in [0.717, 1.165) is 4.90 Å². The molecular weight excluding hydrogens is 602 g/mol. The first kappa shape index (κ1) is 32.4. The second-order valence-electron chi connectivity index (χ2n) is 9.80. The number of piperazine rings is 1. The van der Waals surface area contributed by atoms with Crippen molar-refractivity contribution in [1.29, 1.82) is 0 Å². The Labute approximate surface area is 246 Å². The standard InChI is InChI=1S/C28H26F6N4O6/c1-2-43-21(40)15-26(42,28(32,33)34)25(41)38-12-10-37(11-13-38)20-9-8-17(16-35-20)14-19(39)22-23(27(29,30)31)36-24(44-22)18-6-4-3-5-7-18/h3-9,16,42H,2,10-15H2,1H3. The Kier molecular flexibility index (Phi) is 9.32. The third-order valence-corrected chi connectivity index (χ3v) is 6.76. The summed E-state index contributed by atoms with van der Waals surface area (Å²) in [5.74, 6) is -5.01. The molecule has 4 rings (SSSR count). The second kappa shape index (κ2) is 12.6. The molecule has 0 bridgehead atoms. The van der Waals surface area contributed by atoms with Crippen molar-refractivity contribution in [1.82, 2.24) is 14.9 Å². The Bertz CT molecular complexity index is 1480. The first-order valence-electron chi connectivity index (χ1n) is 13.2. The van der Waals surface area contributed by atoms with E-state index in [-0.39, 0.29) is 49.8 Å². The number of carbonyl (C=O) groups is 3. The van der Waals surface area contributed by atoms with Gasteiger partial charge in [0.25, 0.3) is 5.91 Å². The average molecular weight is 629 g/mol. The lowest BCUT2D eigenvalue weighted by molar-refractivity contribution is -0.259. The van der Waals surface area contributed by atoms with Gasteiger partial charge in [-0.15, -0.1) is 0 Å². The third-order valence-electron chi connectivity index (χ3n) is 6.76. The number of benzene rings is 1. The Morgan fingerprint density at radius 1 is 0.977 bits per heavy atom. The zero-order valence-corrected chi connectivity index (χ0v) is 23.1. The lowest BCUT2D eigenvalue weighted by atomic mass is 9.96. The van der Waals surface area contributed by atoms with Crippen molar-refractivity contribution in [3.8, 4) is 11.5 Å². The fraction of sp³-hybridized carbons (Fsp3) is 0.393. The Morgan fingerprint density at radius 2 is 1.64 bits per heavy atom. The van der Waals surface area contributed by atoms with Crippen molar-refractivity contribution < 1.29 is 55.0 Å². The number of halogens is 6. The lowest BCUT2D eigenvalue weighted by Crippen LogP contribution is -2.62. The van der Waals surface area contributed by atoms with Crippen LogP contribution in [-0.2, 0) is 26.9 Å². The van der Waals surface area contributed by atoms with Gasteiger partial charge in [0, 0.05) is 44.4 Å². The van der Waals surface area contributed by atoms with Crippen LogP contribution in [0.5, 0.6) is 0 Å². The molecule has 1 aliphatic heterocycles. The maximum Gasteiger partial charge on any atom is 0.437 e. The second-order valence-corrected chi connectivity index (χ2v) is 9.80. The summed E-state index contributed by atoms with van der Waals surface area (Å²) >= 11 is 0. The van der Waals surface area contributed by atoms with Crippen molar-refractivity contribution >= 4 is 23.5 Å². The number of Topliss-reactive ketones (excluding diaryl/α,β-unsaturated/α-hetero) is 1. The predicted molar refractivity (Wildman–Crippen MR) is 140 cm³/mol. The molecular formula is C28H26F6N4O6. The minimum Gasteiger partial charge on any atom is -0.466 e. The van der Waals surface area contributed by atoms with Crippen molar-refractivity contribution in [2.75, 3.05) is 37.7 Å². The van der Waals surface area contributed by atoms with Crippen molar-refractivity contribution in [2.24, 2.45) is 0 Å². The van der Waals surface area contributed by atoms with E-state index in [1.165, 1.54) is 37.4 Å². The largest absolute Gasteiger partial charge is 0.466 e. The number of anilines is 1. The number of aliphatic hydroxyl groups is 1. The van der Waals surface area contributed by atoms with Crippen LogP contribution in [0.3, 0.4) is 0 Å². The summed E-state index contributed by atoms with van der Waals surface area (Å²) in [6, 6.07) is 10.7. The van der Waals surface area contributed by atoms with Crippen LogP contribution < -0.4 is 4.90 Å². The number of nitrogens with zero attached hydrogens (tertiary/aromatic N) is 4. The monoisotopic (exact) mass is 628 g/mol. The Morgan fingerprint density at radius 3 is 2.18 bits per heavy atom. The molecule has 44 heavy (non-hydrogen) atoms. The van der Waals surface area contributed by atoms with Gasteiger partial charge in [-0.3, -0.25) is 14.4 Å². The smallest absolute Gasteiger partial charge is 0.437 e. The molecule has 16 heteroatoms. The molecule has 3 aromatic rings. The summed E-state index contributed by atoms with van der Waals surface area (Å²) in [6.07, 6.45) is -11.2. The summed E-state index contributed by atoms with van der Waals surface area (Å²) in [5.41, 5.74) is -4.89. The van der Waals surface area contributed by atoms with Gasteiger partial charge in [0.1, 0.15) is 5.82 Å². The average Bonchev–Trinajstić information content (AvgIpc) is 3.44. The van der Waals surface area contributed by atoms with Crippen LogP contribution in [0, 0.1) is 0 Å². The van der Waals surface area contributed by atoms with Crippen molar-refractivity contribution in [3.63, 3.8) is 0 Å². The van der Waals surface area contributed by atoms with Crippen LogP contribution in [-0.4, -0.2) is 82.2 Å². The molecule has 3 heterocycles. The summed E-state index contributed by atoms with van der Waals surface area (Å²) in [5, 5.41) is 10.2. The van der Waals surface area contributed by atoms with Gasteiger partial charge in [-0.25, -0.2) is 9.97 Å². The summed E-state index contributed by atoms with van der Waals surface area (Å²) in [7, 11) is 0. The van der Waals surface area contributed by atoms with Crippen LogP contribution in [0.4, 0.5) is 32.2 Å². The number of oxazole rings is 1. The summed E-state index contributed by atoms with van der Waals surface area (Å²) in [4.78, 5) is 47.3. The van der Waals surface area contributed by atoms with Gasteiger partial charge in [-0.1, -0.05) is 24.3 Å². The molecule has 2 aromatic heterocycles. The van der Waals surface area contributed by atoms with Gasteiger partial charge < -0.3 is 24.1 Å². The number of ether oxygens (including phenoxy) is 1. The zero-order chi connectivity index (χ0) is 32.3. The van der Waals surface area contributed by atoms with E-state index in [1.807, 2.05) is 0 Å². The molecule has 0 spiro atoms. The predicted octanol–water partition coefficient (Wildman–Crippen LogP) is 4.08. The number of esters is 1. The van der Waals surface area contributed by atoms with Crippen LogP contribution in [0.25, 0.3) is 11.5 Å². The summed E-state index contributed by atoms with van der Waals surface area (Å²) in [6.45, 7) is 0.684. The highest BCUT2D eigenvalue weighted by atomic mass is 19.4. The van der Waals surface area contributed by atoms with E-state index in [4.69, 9.17) is 4.42 Å². The van der Waals surface area contributed by atoms with Crippen LogP contribution in [0.15, 0.2) is 53.1 Å². The highest BCUT2D eigenvalue weighted by molar-refractivity contribution is 5.96. The SMILES string of the molecule is CCOC(=O)CC(O)(C(=O)N1CCN(c2ccc(CC(=O)c3oc(-c4ccccc4)nc3C(F)(F)F)cn2)CC1)C(F)(F)F. The molecule has 1 atom stereocenters. The molecule has 236 valence electrons. The van der Waals surface area contributed by atoms with E-state index >= 15 is 0 Å². The molecule has 1 N–H and O–H groups in total. The highest BCUT2D eigenvalue weighted by Gasteiger charge is 2.62. The number of rotatable bonds is 9. The molecule has 10 nitrogen and oxygen atoms in total. The number of carbonyl (C=O) groups excluding carboxylic acids is 3. The fourth-order valence-electron chi connectivity index (χ4n) is 4.50. The maximum atomic E-state index is 13.6. The van der Waals surface area contributed by atoms with Gasteiger partial charge in [-0.2, -0.15) is 26.3 Å². The normalized spacial score (nSPS) is 15.5. The van der Waals surface area contributed by atoms with Gasteiger partial charge in [0.2, 0.25) is 23.0 Å². The van der Waals surface area contributed by atoms with E-state index in [0.29, 0.717) is 5.82 Å². The van der Waals surface area contributed by atoms with Gasteiger partial charge in [-0.05, 0) is 30.7 Å². The van der Waals surface area contributed by atoms with Gasteiger partial charge in [0.05, 0.1) is 13.0 Å². The molecule has 1 aromatic carbocycles. The highest BCUT2D eigenvalue weighted by Crippen LogP contribution is 2.36. The van der Waals surface area contributed by atoms with Gasteiger partial charge in [0.15, 0.2) is 5.69 Å². The number of pyridine rings is 1. The first-order chi connectivity index (χ1) is 20.6. The van der Waals surface area contributed by atoms with E-state index < -0.39 is 59.9 Å². The number of ketones is 1. The minimum absolute atomic E-state index is 0.0135. The maximum absolute atomic E-state index is 13.6. The van der Waals surface area contributed by atoms with E-state index in [9.17, 15) is 45.8 Å². The van der Waals surface area contributed by atoms with Crippen LogP contribution >= 0.6 is 0 Å². The van der Waals surface area contributed by atoms with Crippen molar-refractivity contribution in [3.05, 3.63) is 65.7 Å². The fourth-order valence-corrected chi connectivity index (χ4v) is 4.50. The number of amides is 1. The molecule has 1 amide bonds.